The number of H-pyrrole nitrogens is 1. The minimum atomic E-state index is -0.421. The molecule has 0 saturated carbocycles. The van der Waals surface area contributed by atoms with Crippen LogP contribution in [0.3, 0.4) is 0 Å². The standard InChI is InChI=1S/C25H30N2O3/c1-14-11-17(23(29-5)18(12-14)25(2,3)4)22-21-16(13-20(27-22)24(28)30-6)15-9-7-8-10-19(15)26-21/h7-12,20,22,26-27H,13H2,1-6H3. The van der Waals surface area contributed by atoms with Crippen molar-refractivity contribution in [1.82, 2.24) is 10.3 Å². The van der Waals surface area contributed by atoms with Crippen LogP contribution in [0.15, 0.2) is 36.4 Å². The molecule has 0 bridgehead atoms. The number of esters is 1. The molecule has 5 nitrogen and oxygen atoms in total. The molecule has 1 aliphatic rings. The van der Waals surface area contributed by atoms with Crippen LogP contribution in [0.2, 0.25) is 0 Å². The van der Waals surface area contributed by atoms with Gasteiger partial charge in [0, 0.05) is 34.1 Å². The Morgan fingerprint density at radius 2 is 1.87 bits per heavy atom. The smallest absolute Gasteiger partial charge is 0.323 e. The number of hydrogen-bond donors (Lipinski definition) is 2. The Hall–Kier alpha value is -2.79. The number of aryl methyl sites for hydroxylation is 1. The van der Waals surface area contributed by atoms with Gasteiger partial charge in [0.25, 0.3) is 0 Å². The molecule has 0 aliphatic carbocycles. The summed E-state index contributed by atoms with van der Waals surface area (Å²) >= 11 is 0. The lowest BCUT2D eigenvalue weighted by molar-refractivity contribution is -0.143. The van der Waals surface area contributed by atoms with E-state index in [9.17, 15) is 4.79 Å². The highest BCUT2D eigenvalue weighted by atomic mass is 16.5. The Labute approximate surface area is 177 Å². The number of aromatic nitrogens is 1. The summed E-state index contributed by atoms with van der Waals surface area (Å²) in [5.41, 5.74) is 6.58. The van der Waals surface area contributed by atoms with E-state index in [-0.39, 0.29) is 17.4 Å². The number of benzene rings is 2. The maximum absolute atomic E-state index is 12.5. The van der Waals surface area contributed by atoms with Crippen LogP contribution in [-0.2, 0) is 21.4 Å². The number of carbonyl (C=O) groups excluding carboxylic acids is 1. The lowest BCUT2D eigenvalue weighted by Gasteiger charge is -2.33. The number of rotatable bonds is 3. The van der Waals surface area contributed by atoms with E-state index >= 15 is 0 Å². The number of para-hydroxylation sites is 1. The molecule has 2 aromatic carbocycles. The van der Waals surface area contributed by atoms with Gasteiger partial charge in [0.2, 0.25) is 0 Å². The quantitative estimate of drug-likeness (QED) is 0.626. The van der Waals surface area contributed by atoms with Gasteiger partial charge in [0.05, 0.1) is 20.3 Å². The third kappa shape index (κ3) is 3.37. The van der Waals surface area contributed by atoms with Gasteiger partial charge in [-0.2, -0.15) is 0 Å². The molecule has 0 radical (unpaired) electrons. The Morgan fingerprint density at radius 1 is 1.13 bits per heavy atom. The molecule has 158 valence electrons. The molecule has 2 atom stereocenters. The summed E-state index contributed by atoms with van der Waals surface area (Å²) in [5, 5.41) is 4.68. The van der Waals surface area contributed by atoms with Gasteiger partial charge in [0.15, 0.2) is 0 Å². The van der Waals surface area contributed by atoms with Crippen molar-refractivity contribution in [2.24, 2.45) is 0 Å². The molecule has 1 aromatic heterocycles. The van der Waals surface area contributed by atoms with Crippen molar-refractivity contribution in [3.8, 4) is 5.75 Å². The van der Waals surface area contributed by atoms with Gasteiger partial charge in [-0.15, -0.1) is 0 Å². The van der Waals surface area contributed by atoms with Crippen LogP contribution in [0.25, 0.3) is 10.9 Å². The van der Waals surface area contributed by atoms with Crippen molar-refractivity contribution in [3.05, 3.63) is 64.3 Å². The minimum absolute atomic E-state index is 0.0776. The lowest BCUT2D eigenvalue weighted by Crippen LogP contribution is -2.45. The molecular formula is C25H30N2O3. The van der Waals surface area contributed by atoms with Crippen molar-refractivity contribution in [2.45, 2.75) is 51.6 Å². The van der Waals surface area contributed by atoms with Crippen molar-refractivity contribution in [2.75, 3.05) is 14.2 Å². The molecule has 5 heteroatoms. The van der Waals surface area contributed by atoms with Gasteiger partial charge < -0.3 is 14.5 Å². The van der Waals surface area contributed by atoms with Gasteiger partial charge in [-0.25, -0.2) is 0 Å². The van der Waals surface area contributed by atoms with Gasteiger partial charge in [-0.05, 0) is 24.0 Å². The van der Waals surface area contributed by atoms with Crippen LogP contribution < -0.4 is 10.1 Å². The first-order valence-electron chi connectivity index (χ1n) is 10.4. The summed E-state index contributed by atoms with van der Waals surface area (Å²) < 4.78 is 11.0. The fourth-order valence-corrected chi connectivity index (χ4v) is 4.57. The SMILES string of the molecule is COC(=O)C1Cc2c([nH]c3ccccc23)C(c2cc(C)cc(C(C)(C)C)c2OC)N1. The Bertz CT molecular complexity index is 1110. The summed E-state index contributed by atoms with van der Waals surface area (Å²) in [6.45, 7) is 8.67. The Balaban J connectivity index is 1.97. The summed E-state index contributed by atoms with van der Waals surface area (Å²) in [7, 11) is 3.16. The average Bonchev–Trinajstić information content (AvgIpc) is 3.10. The summed E-state index contributed by atoms with van der Waals surface area (Å²) in [6.07, 6.45) is 0.586. The van der Waals surface area contributed by atoms with E-state index in [2.05, 4.69) is 62.3 Å². The highest BCUT2D eigenvalue weighted by Crippen LogP contribution is 2.43. The van der Waals surface area contributed by atoms with E-state index < -0.39 is 6.04 Å². The molecule has 4 rings (SSSR count). The monoisotopic (exact) mass is 406 g/mol. The predicted octanol–water partition coefficient (Wildman–Crippen LogP) is 4.56. The fourth-order valence-electron chi connectivity index (χ4n) is 4.57. The number of methoxy groups -OCH3 is 2. The van der Waals surface area contributed by atoms with Gasteiger partial charge >= 0.3 is 5.97 Å². The summed E-state index contributed by atoms with van der Waals surface area (Å²) in [6, 6.07) is 12.0. The molecule has 1 aliphatic heterocycles. The third-order valence-corrected chi connectivity index (χ3v) is 5.98. The third-order valence-electron chi connectivity index (χ3n) is 5.98. The topological polar surface area (TPSA) is 63.4 Å². The number of fused-ring (bicyclic) bond motifs is 3. The zero-order valence-corrected chi connectivity index (χ0v) is 18.6. The number of ether oxygens (including phenoxy) is 2. The lowest BCUT2D eigenvalue weighted by atomic mass is 9.81. The van der Waals surface area contributed by atoms with Crippen LogP contribution in [0.1, 0.15) is 54.8 Å². The van der Waals surface area contributed by atoms with Crippen LogP contribution in [0.5, 0.6) is 5.75 Å². The van der Waals surface area contributed by atoms with Crippen molar-refractivity contribution in [3.63, 3.8) is 0 Å². The number of hydrogen-bond acceptors (Lipinski definition) is 4. The first-order chi connectivity index (χ1) is 14.2. The highest BCUT2D eigenvalue weighted by Gasteiger charge is 2.37. The molecule has 3 aromatic rings. The highest BCUT2D eigenvalue weighted by molar-refractivity contribution is 5.87. The van der Waals surface area contributed by atoms with Gasteiger partial charge in [-0.1, -0.05) is 56.7 Å². The van der Waals surface area contributed by atoms with Crippen molar-refractivity contribution < 1.29 is 14.3 Å². The molecule has 0 amide bonds. The first-order valence-corrected chi connectivity index (χ1v) is 10.4. The fraction of sp³-hybridized carbons (Fsp3) is 0.400. The molecule has 2 N–H and O–H groups in total. The number of carbonyl (C=O) groups is 1. The zero-order chi connectivity index (χ0) is 21.6. The normalized spacial score (nSPS) is 18.9. The van der Waals surface area contributed by atoms with Crippen LogP contribution in [0.4, 0.5) is 0 Å². The maximum atomic E-state index is 12.5. The summed E-state index contributed by atoms with van der Waals surface area (Å²) in [4.78, 5) is 16.1. The van der Waals surface area contributed by atoms with E-state index in [1.54, 1.807) is 7.11 Å². The first kappa shape index (κ1) is 20.5. The van der Waals surface area contributed by atoms with E-state index in [1.807, 2.05) is 12.1 Å². The molecule has 2 unspecified atom stereocenters. The predicted molar refractivity (Wildman–Crippen MR) is 119 cm³/mol. The van der Waals surface area contributed by atoms with Crippen LogP contribution in [0, 0.1) is 6.92 Å². The molecular weight excluding hydrogens is 376 g/mol. The largest absolute Gasteiger partial charge is 0.496 e. The van der Waals surface area contributed by atoms with E-state index in [0.717, 1.165) is 44.6 Å². The second-order valence-corrected chi connectivity index (χ2v) is 9.13. The number of aromatic amines is 1. The molecule has 0 spiro atoms. The van der Waals surface area contributed by atoms with Crippen molar-refractivity contribution in [1.29, 1.82) is 0 Å². The number of nitrogens with one attached hydrogen (secondary N) is 2. The molecule has 0 fully saturated rings. The molecule has 30 heavy (non-hydrogen) atoms. The van der Waals surface area contributed by atoms with E-state index in [4.69, 9.17) is 9.47 Å². The Kier molecular flexibility index (Phi) is 5.10. The summed E-state index contributed by atoms with van der Waals surface area (Å²) in [5.74, 6) is 0.610. The maximum Gasteiger partial charge on any atom is 0.323 e. The Morgan fingerprint density at radius 3 is 2.53 bits per heavy atom. The second kappa shape index (κ2) is 7.47. The van der Waals surface area contributed by atoms with Crippen molar-refractivity contribution >= 4 is 16.9 Å². The second-order valence-electron chi connectivity index (χ2n) is 9.13. The zero-order valence-electron chi connectivity index (χ0n) is 18.6. The van der Waals surface area contributed by atoms with E-state index in [0.29, 0.717) is 6.42 Å². The average molecular weight is 407 g/mol. The molecule has 0 saturated heterocycles. The molecule has 2 heterocycles. The minimum Gasteiger partial charge on any atom is -0.496 e. The van der Waals surface area contributed by atoms with E-state index in [1.165, 1.54) is 7.11 Å². The van der Waals surface area contributed by atoms with Crippen LogP contribution >= 0.6 is 0 Å². The van der Waals surface area contributed by atoms with Gasteiger partial charge in [0.1, 0.15) is 11.8 Å². The van der Waals surface area contributed by atoms with Crippen LogP contribution in [-0.4, -0.2) is 31.2 Å². The van der Waals surface area contributed by atoms with Gasteiger partial charge in [-0.3, -0.25) is 10.1 Å².